The Morgan fingerprint density at radius 3 is 2.95 bits per heavy atom. The lowest BCUT2D eigenvalue weighted by molar-refractivity contribution is 0.0472. The zero-order valence-corrected chi connectivity index (χ0v) is 13.0. The minimum Gasteiger partial charge on any atom is -0.377 e. The number of hydrogen-bond acceptors (Lipinski definition) is 4. The Kier molecular flexibility index (Phi) is 5.32. The highest BCUT2D eigenvalue weighted by atomic mass is 16.5. The van der Waals surface area contributed by atoms with E-state index in [1.165, 1.54) is 64.8 Å². The summed E-state index contributed by atoms with van der Waals surface area (Å²) in [4.78, 5) is 5.37. The van der Waals surface area contributed by atoms with Crippen LogP contribution in [0.5, 0.6) is 0 Å². The van der Waals surface area contributed by atoms with E-state index in [1.807, 2.05) is 0 Å². The van der Waals surface area contributed by atoms with Crippen LogP contribution in [-0.2, 0) is 4.74 Å². The van der Waals surface area contributed by atoms with Crippen molar-refractivity contribution in [1.29, 1.82) is 0 Å². The summed E-state index contributed by atoms with van der Waals surface area (Å²) in [5.41, 5.74) is 0. The first kappa shape index (κ1) is 14.8. The molecule has 3 fully saturated rings. The van der Waals surface area contributed by atoms with Crippen molar-refractivity contribution < 1.29 is 4.74 Å². The summed E-state index contributed by atoms with van der Waals surface area (Å²) >= 11 is 0. The van der Waals surface area contributed by atoms with E-state index in [9.17, 15) is 0 Å². The van der Waals surface area contributed by atoms with Gasteiger partial charge in [-0.25, -0.2) is 0 Å². The van der Waals surface area contributed by atoms with E-state index >= 15 is 0 Å². The quantitative estimate of drug-likeness (QED) is 0.822. The fourth-order valence-corrected chi connectivity index (χ4v) is 4.00. The van der Waals surface area contributed by atoms with Crippen LogP contribution in [0, 0.1) is 0 Å². The van der Waals surface area contributed by atoms with Crippen LogP contribution in [0.15, 0.2) is 0 Å². The summed E-state index contributed by atoms with van der Waals surface area (Å²) in [5, 5.41) is 3.66. The van der Waals surface area contributed by atoms with Crippen molar-refractivity contribution in [3.63, 3.8) is 0 Å². The molecule has 0 aromatic rings. The van der Waals surface area contributed by atoms with Gasteiger partial charge in [0.05, 0.1) is 6.10 Å². The van der Waals surface area contributed by atoms with Gasteiger partial charge in [-0.1, -0.05) is 6.42 Å². The number of ether oxygens (including phenoxy) is 1. The van der Waals surface area contributed by atoms with Crippen molar-refractivity contribution in [3.8, 4) is 0 Å². The maximum absolute atomic E-state index is 5.75. The molecule has 1 N–H and O–H groups in total. The molecule has 0 spiro atoms. The Morgan fingerprint density at radius 2 is 2.10 bits per heavy atom. The van der Waals surface area contributed by atoms with Gasteiger partial charge < -0.3 is 10.1 Å². The molecule has 0 radical (unpaired) electrons. The van der Waals surface area contributed by atoms with Crippen molar-refractivity contribution >= 4 is 0 Å². The average molecular weight is 281 g/mol. The molecule has 116 valence electrons. The SMILES string of the molecule is CC(NCCN1CCN2CCCCC2C1)C1CCCO1. The fraction of sp³-hybridized carbons (Fsp3) is 1.00. The molecule has 0 aromatic heterocycles. The summed E-state index contributed by atoms with van der Waals surface area (Å²) in [6.07, 6.45) is 7.18. The van der Waals surface area contributed by atoms with Gasteiger partial charge in [-0.3, -0.25) is 9.80 Å². The van der Waals surface area contributed by atoms with Crippen molar-refractivity contribution in [3.05, 3.63) is 0 Å². The van der Waals surface area contributed by atoms with Gasteiger partial charge in [-0.05, 0) is 39.2 Å². The molecule has 0 aromatic carbocycles. The monoisotopic (exact) mass is 281 g/mol. The molecule has 3 aliphatic rings. The first-order valence-corrected chi connectivity index (χ1v) is 8.64. The highest BCUT2D eigenvalue weighted by molar-refractivity contribution is 4.85. The highest BCUT2D eigenvalue weighted by Crippen LogP contribution is 2.20. The second-order valence-corrected chi connectivity index (χ2v) is 6.78. The first-order valence-electron chi connectivity index (χ1n) is 8.64. The Labute approximate surface area is 123 Å². The van der Waals surface area contributed by atoms with Crippen LogP contribution in [-0.4, -0.2) is 73.9 Å². The Bertz CT molecular complexity index is 293. The van der Waals surface area contributed by atoms with Crippen molar-refractivity contribution in [2.24, 2.45) is 0 Å². The molecule has 0 amide bonds. The molecule has 0 saturated carbocycles. The smallest absolute Gasteiger partial charge is 0.0726 e. The molecule has 4 heteroatoms. The van der Waals surface area contributed by atoms with Crippen LogP contribution >= 0.6 is 0 Å². The van der Waals surface area contributed by atoms with Gasteiger partial charge >= 0.3 is 0 Å². The molecule has 3 aliphatic heterocycles. The van der Waals surface area contributed by atoms with Crippen LogP contribution in [0.2, 0.25) is 0 Å². The second-order valence-electron chi connectivity index (χ2n) is 6.78. The van der Waals surface area contributed by atoms with Crippen LogP contribution in [0.25, 0.3) is 0 Å². The zero-order valence-electron chi connectivity index (χ0n) is 13.0. The van der Waals surface area contributed by atoms with Crippen LogP contribution < -0.4 is 5.32 Å². The highest BCUT2D eigenvalue weighted by Gasteiger charge is 2.28. The summed E-state index contributed by atoms with van der Waals surface area (Å²) in [7, 11) is 0. The molecule has 0 bridgehead atoms. The molecule has 3 saturated heterocycles. The summed E-state index contributed by atoms with van der Waals surface area (Å²) < 4.78 is 5.75. The van der Waals surface area contributed by atoms with Gasteiger partial charge in [-0.15, -0.1) is 0 Å². The molecule has 0 aliphatic carbocycles. The lowest BCUT2D eigenvalue weighted by Gasteiger charge is -2.44. The number of nitrogens with zero attached hydrogens (tertiary/aromatic N) is 2. The topological polar surface area (TPSA) is 27.7 Å². The van der Waals surface area contributed by atoms with Crippen molar-refractivity contribution in [1.82, 2.24) is 15.1 Å². The molecule has 20 heavy (non-hydrogen) atoms. The molecule has 4 nitrogen and oxygen atoms in total. The Balaban J connectivity index is 1.34. The standard InChI is InChI=1S/C16H31N3O/c1-14(16-6-4-12-20-16)17-7-9-18-10-11-19-8-3-2-5-15(19)13-18/h14-17H,2-13H2,1H3. The largest absolute Gasteiger partial charge is 0.377 e. The predicted molar refractivity (Wildman–Crippen MR) is 82.1 cm³/mol. The number of rotatable bonds is 5. The summed E-state index contributed by atoms with van der Waals surface area (Å²) in [6.45, 7) is 10.7. The number of nitrogens with one attached hydrogen (secondary N) is 1. The van der Waals surface area contributed by atoms with E-state index in [0.717, 1.165) is 19.2 Å². The van der Waals surface area contributed by atoms with Gasteiger partial charge in [0.1, 0.15) is 0 Å². The first-order chi connectivity index (χ1) is 9.83. The molecular formula is C16H31N3O. The Hall–Kier alpha value is -0.160. The van der Waals surface area contributed by atoms with Gasteiger partial charge in [0.15, 0.2) is 0 Å². The van der Waals surface area contributed by atoms with E-state index in [2.05, 4.69) is 22.0 Å². The molecular weight excluding hydrogens is 250 g/mol. The maximum Gasteiger partial charge on any atom is 0.0726 e. The molecule has 3 heterocycles. The molecule has 3 unspecified atom stereocenters. The van der Waals surface area contributed by atoms with Crippen molar-refractivity contribution in [2.75, 3.05) is 45.9 Å². The van der Waals surface area contributed by atoms with Gasteiger partial charge in [0, 0.05) is 51.4 Å². The van der Waals surface area contributed by atoms with Crippen molar-refractivity contribution in [2.45, 2.75) is 57.2 Å². The van der Waals surface area contributed by atoms with Crippen LogP contribution in [0.1, 0.15) is 39.0 Å². The number of hydrogen-bond donors (Lipinski definition) is 1. The summed E-state index contributed by atoms with van der Waals surface area (Å²) in [5.74, 6) is 0. The van der Waals surface area contributed by atoms with E-state index in [1.54, 1.807) is 0 Å². The number of fused-ring (bicyclic) bond motifs is 1. The molecule has 3 atom stereocenters. The Morgan fingerprint density at radius 1 is 1.15 bits per heavy atom. The van der Waals surface area contributed by atoms with Gasteiger partial charge in [0.2, 0.25) is 0 Å². The summed E-state index contributed by atoms with van der Waals surface area (Å²) in [6, 6.07) is 1.35. The van der Waals surface area contributed by atoms with E-state index in [-0.39, 0.29) is 0 Å². The van der Waals surface area contributed by atoms with Crippen LogP contribution in [0.4, 0.5) is 0 Å². The number of piperidine rings is 1. The third-order valence-electron chi connectivity index (χ3n) is 5.34. The zero-order chi connectivity index (χ0) is 13.8. The van der Waals surface area contributed by atoms with E-state index < -0.39 is 0 Å². The average Bonchev–Trinajstić information content (AvgIpc) is 3.01. The second kappa shape index (κ2) is 7.21. The third kappa shape index (κ3) is 3.73. The van der Waals surface area contributed by atoms with Gasteiger partial charge in [0.25, 0.3) is 0 Å². The van der Waals surface area contributed by atoms with Crippen LogP contribution in [0.3, 0.4) is 0 Å². The maximum atomic E-state index is 5.75. The lowest BCUT2D eigenvalue weighted by Crippen LogP contribution is -2.56. The molecule has 3 rings (SSSR count). The normalized spacial score (nSPS) is 34.0. The number of piperazine rings is 1. The van der Waals surface area contributed by atoms with E-state index in [4.69, 9.17) is 4.74 Å². The minimum atomic E-state index is 0.449. The van der Waals surface area contributed by atoms with E-state index in [0.29, 0.717) is 12.1 Å². The lowest BCUT2D eigenvalue weighted by atomic mass is 9.99. The third-order valence-corrected chi connectivity index (χ3v) is 5.34. The fourth-order valence-electron chi connectivity index (χ4n) is 4.00. The minimum absolute atomic E-state index is 0.449. The van der Waals surface area contributed by atoms with Gasteiger partial charge in [-0.2, -0.15) is 0 Å². The predicted octanol–water partition coefficient (Wildman–Crippen LogP) is 1.31.